The van der Waals surface area contributed by atoms with Crippen molar-refractivity contribution in [3.63, 3.8) is 0 Å². The summed E-state index contributed by atoms with van der Waals surface area (Å²) in [5, 5.41) is 6.00. The molecule has 158 valence electrons. The van der Waals surface area contributed by atoms with Gasteiger partial charge in [0.25, 0.3) is 0 Å². The van der Waals surface area contributed by atoms with E-state index in [4.69, 9.17) is 4.74 Å². The number of halogens is 1. The number of benzene rings is 2. The highest BCUT2D eigenvalue weighted by Crippen LogP contribution is 2.18. The molecule has 1 amide bonds. The highest BCUT2D eigenvalue weighted by atomic mass is 19.1. The summed E-state index contributed by atoms with van der Waals surface area (Å²) in [4.78, 5) is 15.3. The minimum atomic E-state index is -0.286. The molecular formula is C24H28FN3O2. The topological polar surface area (TPSA) is 45.1 Å². The monoisotopic (exact) mass is 409 g/mol. The number of nitrogens with zero attached hydrogens (tertiary/aromatic N) is 3. The van der Waals surface area contributed by atoms with E-state index < -0.39 is 0 Å². The molecule has 1 fully saturated rings. The highest BCUT2D eigenvalue weighted by molar-refractivity contribution is 6.02. The second-order valence-electron chi connectivity index (χ2n) is 7.83. The van der Waals surface area contributed by atoms with Crippen LogP contribution >= 0.6 is 0 Å². The molecule has 0 atom stereocenters. The van der Waals surface area contributed by atoms with Crippen molar-refractivity contribution in [3.05, 3.63) is 71.0 Å². The molecular weight excluding hydrogens is 381 g/mol. The zero-order valence-electron chi connectivity index (χ0n) is 17.2. The van der Waals surface area contributed by atoms with Crippen molar-refractivity contribution in [2.24, 2.45) is 5.10 Å². The van der Waals surface area contributed by atoms with E-state index in [1.165, 1.54) is 22.7 Å². The lowest BCUT2D eigenvalue weighted by atomic mass is 10.00. The van der Waals surface area contributed by atoms with Crippen LogP contribution in [0.25, 0.3) is 0 Å². The maximum atomic E-state index is 13.5. The molecule has 6 heteroatoms. The molecule has 1 saturated heterocycles. The van der Waals surface area contributed by atoms with Gasteiger partial charge in [-0.2, -0.15) is 5.10 Å². The van der Waals surface area contributed by atoms with E-state index in [0.717, 1.165) is 62.5 Å². The Hall–Kier alpha value is -2.57. The van der Waals surface area contributed by atoms with E-state index in [2.05, 4.69) is 16.1 Å². The fraction of sp³-hybridized carbons (Fsp3) is 0.417. The maximum absolute atomic E-state index is 13.5. The Morgan fingerprint density at radius 2 is 1.83 bits per heavy atom. The smallest absolute Gasteiger partial charge is 0.247 e. The molecule has 30 heavy (non-hydrogen) atoms. The van der Waals surface area contributed by atoms with E-state index in [0.29, 0.717) is 19.4 Å². The van der Waals surface area contributed by atoms with E-state index in [9.17, 15) is 9.18 Å². The maximum Gasteiger partial charge on any atom is 0.247 e. The van der Waals surface area contributed by atoms with Gasteiger partial charge in [-0.25, -0.2) is 9.40 Å². The third kappa shape index (κ3) is 5.32. The standard InChI is InChI=1S/C24H28FN3O2/c25-22-9-3-7-21(17-22)23-10-12-28(26-23)24(29)18-20-6-2-1-5-19(20)8-4-11-27-13-15-30-16-14-27/h1-3,5-7,9,17H,4,8,10-16,18H2. The molecule has 2 aliphatic rings. The van der Waals surface area contributed by atoms with Gasteiger partial charge in [0.15, 0.2) is 0 Å². The van der Waals surface area contributed by atoms with Gasteiger partial charge in [0.05, 0.1) is 31.9 Å². The molecule has 2 aromatic rings. The van der Waals surface area contributed by atoms with E-state index in [1.54, 1.807) is 6.07 Å². The number of hydrazone groups is 1. The van der Waals surface area contributed by atoms with Crippen LogP contribution in [-0.2, 0) is 22.4 Å². The number of aryl methyl sites for hydroxylation is 1. The zero-order chi connectivity index (χ0) is 20.8. The van der Waals surface area contributed by atoms with E-state index >= 15 is 0 Å². The normalized spacial score (nSPS) is 17.2. The van der Waals surface area contributed by atoms with Crippen LogP contribution in [0.5, 0.6) is 0 Å². The Morgan fingerprint density at radius 3 is 2.63 bits per heavy atom. The molecule has 0 saturated carbocycles. The average molecular weight is 410 g/mol. The minimum absolute atomic E-state index is 0.0120. The van der Waals surface area contributed by atoms with Crippen LogP contribution in [0, 0.1) is 5.82 Å². The number of carbonyl (C=O) groups is 1. The molecule has 5 nitrogen and oxygen atoms in total. The number of rotatable bonds is 7. The first-order valence-corrected chi connectivity index (χ1v) is 10.7. The molecule has 0 spiro atoms. The van der Waals surface area contributed by atoms with Crippen LogP contribution in [-0.4, -0.2) is 60.9 Å². The summed E-state index contributed by atoms with van der Waals surface area (Å²) in [6.07, 6.45) is 3.01. The molecule has 2 aromatic carbocycles. The van der Waals surface area contributed by atoms with E-state index in [-0.39, 0.29) is 11.7 Å². The van der Waals surface area contributed by atoms with Crippen molar-refractivity contribution < 1.29 is 13.9 Å². The van der Waals surface area contributed by atoms with Crippen LogP contribution in [0.3, 0.4) is 0 Å². The second-order valence-corrected chi connectivity index (χ2v) is 7.83. The summed E-state index contributed by atoms with van der Waals surface area (Å²) in [6.45, 7) is 5.24. The first-order chi connectivity index (χ1) is 14.7. The minimum Gasteiger partial charge on any atom is -0.379 e. The van der Waals surface area contributed by atoms with Crippen molar-refractivity contribution in [2.45, 2.75) is 25.7 Å². The van der Waals surface area contributed by atoms with Crippen LogP contribution in [0.4, 0.5) is 4.39 Å². The Bertz CT molecular complexity index is 909. The number of ether oxygens (including phenoxy) is 1. The number of hydrogen-bond acceptors (Lipinski definition) is 4. The summed E-state index contributed by atoms with van der Waals surface area (Å²) in [7, 11) is 0. The third-order valence-electron chi connectivity index (χ3n) is 5.73. The van der Waals surface area contributed by atoms with Crippen molar-refractivity contribution in [3.8, 4) is 0 Å². The largest absolute Gasteiger partial charge is 0.379 e. The van der Waals surface area contributed by atoms with Gasteiger partial charge < -0.3 is 4.74 Å². The first-order valence-electron chi connectivity index (χ1n) is 10.7. The summed E-state index contributed by atoms with van der Waals surface area (Å²) in [5.74, 6) is -0.298. The van der Waals surface area contributed by atoms with Gasteiger partial charge in [0.2, 0.25) is 5.91 Å². The molecule has 0 bridgehead atoms. The highest BCUT2D eigenvalue weighted by Gasteiger charge is 2.22. The molecule has 0 unspecified atom stereocenters. The van der Waals surface area contributed by atoms with Crippen LogP contribution in [0.1, 0.15) is 29.5 Å². The van der Waals surface area contributed by atoms with Crippen molar-refractivity contribution in [2.75, 3.05) is 39.4 Å². The number of carbonyl (C=O) groups excluding carboxylic acids is 1. The first kappa shape index (κ1) is 20.7. The van der Waals surface area contributed by atoms with Gasteiger partial charge in [-0.05, 0) is 42.6 Å². The Balaban J connectivity index is 1.35. The lowest BCUT2D eigenvalue weighted by Crippen LogP contribution is -2.37. The number of hydrogen-bond donors (Lipinski definition) is 0. The summed E-state index contributed by atoms with van der Waals surface area (Å²) in [6, 6.07) is 14.6. The fourth-order valence-electron chi connectivity index (χ4n) is 4.05. The Kier molecular flexibility index (Phi) is 6.87. The second kappa shape index (κ2) is 9.96. The molecule has 0 aromatic heterocycles. The van der Waals surface area contributed by atoms with Crippen molar-refractivity contribution in [1.82, 2.24) is 9.91 Å². The summed E-state index contributed by atoms with van der Waals surface area (Å²) < 4.78 is 18.9. The molecule has 4 rings (SSSR count). The van der Waals surface area contributed by atoms with Gasteiger partial charge in [0, 0.05) is 25.1 Å². The molecule has 0 aliphatic carbocycles. The fourth-order valence-corrected chi connectivity index (χ4v) is 4.05. The SMILES string of the molecule is O=C(Cc1ccccc1CCCN1CCOCC1)N1CCC(c2cccc(F)c2)=N1. The Labute approximate surface area is 177 Å². The van der Waals surface area contributed by atoms with E-state index in [1.807, 2.05) is 24.3 Å². The van der Waals surface area contributed by atoms with Crippen LogP contribution in [0.15, 0.2) is 53.6 Å². The zero-order valence-corrected chi connectivity index (χ0v) is 17.2. The van der Waals surface area contributed by atoms with Crippen molar-refractivity contribution >= 4 is 11.6 Å². The van der Waals surface area contributed by atoms with Crippen LogP contribution < -0.4 is 0 Å². The van der Waals surface area contributed by atoms with Gasteiger partial charge in [0.1, 0.15) is 5.82 Å². The quantitative estimate of drug-likeness (QED) is 0.705. The van der Waals surface area contributed by atoms with Gasteiger partial charge in [-0.3, -0.25) is 9.69 Å². The van der Waals surface area contributed by atoms with Gasteiger partial charge >= 0.3 is 0 Å². The average Bonchev–Trinajstić information content (AvgIpc) is 3.26. The lowest BCUT2D eigenvalue weighted by Gasteiger charge is -2.26. The summed E-state index contributed by atoms with van der Waals surface area (Å²) >= 11 is 0. The summed E-state index contributed by atoms with van der Waals surface area (Å²) in [5.41, 5.74) is 3.81. The van der Waals surface area contributed by atoms with Gasteiger partial charge in [-0.15, -0.1) is 0 Å². The molecule has 0 radical (unpaired) electrons. The third-order valence-corrected chi connectivity index (χ3v) is 5.73. The predicted molar refractivity (Wildman–Crippen MR) is 115 cm³/mol. The molecule has 2 aliphatic heterocycles. The van der Waals surface area contributed by atoms with Crippen LogP contribution in [0.2, 0.25) is 0 Å². The van der Waals surface area contributed by atoms with Gasteiger partial charge in [-0.1, -0.05) is 36.4 Å². The lowest BCUT2D eigenvalue weighted by molar-refractivity contribution is -0.130. The Morgan fingerprint density at radius 1 is 1.03 bits per heavy atom. The predicted octanol–water partition coefficient (Wildman–Crippen LogP) is 3.27. The number of morpholine rings is 1. The number of amides is 1. The molecule has 0 N–H and O–H groups in total. The molecule has 2 heterocycles. The van der Waals surface area contributed by atoms with Crippen molar-refractivity contribution in [1.29, 1.82) is 0 Å².